The molecule has 0 N–H and O–H groups in total. The van der Waals surface area contributed by atoms with E-state index >= 15 is 0 Å². The molecule has 2 unspecified atom stereocenters. The van der Waals surface area contributed by atoms with Crippen LogP contribution in [-0.2, 0) is 14.3 Å². The Hall–Kier alpha value is -1.57. The molecule has 0 aromatic heterocycles. The minimum atomic E-state index is -0.336. The molecule has 1 heterocycles. The first-order valence-electron chi connectivity index (χ1n) is 7.93. The summed E-state index contributed by atoms with van der Waals surface area (Å²) in [6.07, 6.45) is 1.37. The Labute approximate surface area is 155 Å². The zero-order chi connectivity index (χ0) is 17.4. The zero-order valence-electron chi connectivity index (χ0n) is 13.8. The number of halogens is 1. The Bertz CT molecular complexity index is 737. The third kappa shape index (κ3) is 2.70. The molecule has 1 aromatic rings. The second-order valence-electron chi connectivity index (χ2n) is 6.27. The summed E-state index contributed by atoms with van der Waals surface area (Å²) in [5, 5.41) is 0. The van der Waals surface area contributed by atoms with E-state index in [1.807, 2.05) is 13.8 Å². The molecule has 0 amide bonds. The van der Waals surface area contributed by atoms with Gasteiger partial charge in [-0.15, -0.1) is 0 Å². The van der Waals surface area contributed by atoms with Crippen LogP contribution in [0.2, 0.25) is 0 Å². The number of Topliss-reactive ketones (excluding diaryl/α,β-unsaturated/α-hetero) is 2. The van der Waals surface area contributed by atoms with Gasteiger partial charge < -0.3 is 12.5 Å². The van der Waals surface area contributed by atoms with Crippen molar-refractivity contribution in [3.8, 4) is 11.5 Å². The van der Waals surface area contributed by atoms with Gasteiger partial charge in [0.1, 0.15) is 22.8 Å². The summed E-state index contributed by atoms with van der Waals surface area (Å²) in [4.78, 5) is 25.8. The number of carbonyl (C=O) groups excluding carboxylic acids is 2. The number of ether oxygens (including phenoxy) is 2. The quantitative estimate of drug-likeness (QED) is 0.405. The van der Waals surface area contributed by atoms with Crippen molar-refractivity contribution in [3.05, 3.63) is 34.6 Å². The van der Waals surface area contributed by atoms with Gasteiger partial charge in [-0.05, 0) is 18.6 Å². The highest BCUT2D eigenvalue weighted by molar-refractivity contribution is 14.1. The summed E-state index contributed by atoms with van der Waals surface area (Å²) >= 11 is 1.74. The molecule has 0 saturated heterocycles. The number of hydrogen-bond acceptors (Lipinski definition) is 5. The lowest BCUT2D eigenvalue weighted by Crippen LogP contribution is -2.30. The van der Waals surface area contributed by atoms with Gasteiger partial charge in [0, 0.05) is 23.8 Å². The largest absolute Gasteiger partial charge is 0.496 e. The Morgan fingerprint density at radius 1 is 1.29 bits per heavy atom. The molecule has 1 aliphatic carbocycles. The normalized spacial score (nSPS) is 22.9. The topological polar surface area (TPSA) is 61.8 Å². The van der Waals surface area contributed by atoms with Crippen molar-refractivity contribution in [2.45, 2.75) is 26.7 Å². The maximum Gasteiger partial charge on any atom is 0.203 e. The molecule has 3 rings (SSSR count). The summed E-state index contributed by atoms with van der Waals surface area (Å²) in [6.45, 7) is 4.39. The number of ketones is 2. The predicted molar refractivity (Wildman–Crippen MR) is 96.6 cm³/mol. The van der Waals surface area contributed by atoms with Gasteiger partial charge in [0.15, 0.2) is 28.8 Å². The molecule has 24 heavy (non-hydrogen) atoms. The molecule has 0 fully saturated rings. The number of fused-ring (bicyclic) bond motifs is 1. The van der Waals surface area contributed by atoms with Crippen molar-refractivity contribution in [2.24, 2.45) is 11.8 Å². The monoisotopic (exact) mass is 442 g/mol. The summed E-state index contributed by atoms with van der Waals surface area (Å²) in [7, 11) is 1.53. The Morgan fingerprint density at radius 3 is 2.71 bits per heavy atom. The molecule has 128 valence electrons. The van der Waals surface area contributed by atoms with Crippen molar-refractivity contribution in [1.82, 2.24) is 0 Å². The van der Waals surface area contributed by atoms with Crippen LogP contribution in [0.15, 0.2) is 23.5 Å². The number of benzene rings is 1. The van der Waals surface area contributed by atoms with E-state index in [2.05, 4.69) is 0 Å². The molecule has 5 nitrogen and oxygen atoms in total. The maximum absolute atomic E-state index is 13.2. The van der Waals surface area contributed by atoms with Crippen LogP contribution in [0.4, 0.5) is 0 Å². The average Bonchev–Trinajstić information content (AvgIpc) is 3.04. The van der Waals surface area contributed by atoms with E-state index in [1.165, 1.54) is 7.11 Å². The van der Waals surface area contributed by atoms with E-state index in [-0.39, 0.29) is 29.0 Å². The summed E-state index contributed by atoms with van der Waals surface area (Å²) in [6, 6.07) is 3.43. The first-order chi connectivity index (χ1) is 11.5. The van der Waals surface area contributed by atoms with E-state index in [1.54, 1.807) is 35.1 Å². The van der Waals surface area contributed by atoms with Crippen LogP contribution >= 0.6 is 23.0 Å². The molecule has 0 spiro atoms. The fraction of sp³-hybridized carbons (Fsp3) is 0.444. The lowest BCUT2D eigenvalue weighted by molar-refractivity contribution is -0.119. The predicted octanol–water partition coefficient (Wildman–Crippen LogP) is 3.68. The molecule has 1 aromatic carbocycles. The smallest absolute Gasteiger partial charge is 0.203 e. The average molecular weight is 442 g/mol. The van der Waals surface area contributed by atoms with Crippen molar-refractivity contribution in [3.63, 3.8) is 0 Å². The van der Waals surface area contributed by atoms with Crippen LogP contribution in [0.1, 0.15) is 36.2 Å². The molecule has 0 bridgehead atoms. The highest BCUT2D eigenvalue weighted by Gasteiger charge is 2.38. The van der Waals surface area contributed by atoms with Crippen LogP contribution in [0.25, 0.3) is 0 Å². The lowest BCUT2D eigenvalue weighted by Gasteiger charge is -2.26. The van der Waals surface area contributed by atoms with Gasteiger partial charge in [0.05, 0.1) is 19.3 Å². The van der Waals surface area contributed by atoms with Crippen LogP contribution in [0.5, 0.6) is 11.5 Å². The van der Waals surface area contributed by atoms with Gasteiger partial charge >= 0.3 is 0 Å². The van der Waals surface area contributed by atoms with Crippen molar-refractivity contribution >= 4 is 34.6 Å². The number of allylic oxidation sites excluding steroid dienone is 2. The molecule has 2 aliphatic rings. The second kappa shape index (κ2) is 6.74. The van der Waals surface area contributed by atoms with Crippen molar-refractivity contribution in [1.29, 1.82) is 0 Å². The summed E-state index contributed by atoms with van der Waals surface area (Å²) in [5.41, 5.74) is 1.41. The van der Waals surface area contributed by atoms with E-state index in [4.69, 9.17) is 12.5 Å². The number of rotatable bonds is 4. The van der Waals surface area contributed by atoms with Crippen LogP contribution < -0.4 is 9.47 Å². The Kier molecular flexibility index (Phi) is 4.85. The highest BCUT2D eigenvalue weighted by Crippen LogP contribution is 2.40. The fourth-order valence-corrected chi connectivity index (χ4v) is 4.14. The minimum Gasteiger partial charge on any atom is -0.496 e. The molecular weight excluding hydrogens is 423 g/mol. The zero-order valence-corrected chi connectivity index (χ0v) is 16.0. The standard InChI is InChI=1S/C18H19IO5/c1-9-8-10(2)17(24-19)14(15(9)20)16(21)12-4-5-13-11(6-7-23-13)18(12)22-3/h4-5,9-10H,6-8H2,1-3H3. The lowest BCUT2D eigenvalue weighted by atomic mass is 9.79. The molecule has 1 aliphatic heterocycles. The third-order valence-electron chi connectivity index (χ3n) is 4.68. The summed E-state index contributed by atoms with van der Waals surface area (Å²) < 4.78 is 16.4. The van der Waals surface area contributed by atoms with Gasteiger partial charge in [-0.25, -0.2) is 0 Å². The SMILES string of the molecule is COc1c(C(=O)C2=C(OI)C(C)CC(C)C2=O)ccc2c1CCO2. The Morgan fingerprint density at radius 2 is 2.04 bits per heavy atom. The van der Waals surface area contributed by atoms with E-state index < -0.39 is 0 Å². The third-order valence-corrected chi connectivity index (χ3v) is 5.16. The molecule has 6 heteroatoms. The first kappa shape index (κ1) is 17.3. The first-order valence-corrected chi connectivity index (χ1v) is 8.82. The van der Waals surface area contributed by atoms with E-state index in [0.717, 1.165) is 11.3 Å². The van der Waals surface area contributed by atoms with Crippen LogP contribution in [-0.4, -0.2) is 25.3 Å². The van der Waals surface area contributed by atoms with Gasteiger partial charge in [-0.3, -0.25) is 9.59 Å². The van der Waals surface area contributed by atoms with Crippen molar-refractivity contribution < 1.29 is 22.1 Å². The van der Waals surface area contributed by atoms with Crippen LogP contribution in [0, 0.1) is 11.8 Å². The van der Waals surface area contributed by atoms with Gasteiger partial charge in [0.2, 0.25) is 5.78 Å². The number of carbonyl (C=O) groups is 2. The summed E-state index contributed by atoms with van der Waals surface area (Å²) in [5.74, 6) is 1.02. The minimum absolute atomic E-state index is 0.0253. The van der Waals surface area contributed by atoms with E-state index in [9.17, 15) is 9.59 Å². The molecule has 0 saturated carbocycles. The maximum atomic E-state index is 13.2. The number of methoxy groups -OCH3 is 1. The second-order valence-corrected chi connectivity index (χ2v) is 6.71. The fourth-order valence-electron chi connectivity index (χ4n) is 3.49. The van der Waals surface area contributed by atoms with Gasteiger partial charge in [-0.1, -0.05) is 13.8 Å². The molecule has 0 radical (unpaired) electrons. The molecular formula is C18H19IO5. The molecule has 2 atom stereocenters. The Balaban J connectivity index is 2.13. The number of hydrogen-bond donors (Lipinski definition) is 0. The van der Waals surface area contributed by atoms with E-state index in [0.29, 0.717) is 36.5 Å². The van der Waals surface area contributed by atoms with Crippen molar-refractivity contribution in [2.75, 3.05) is 13.7 Å². The highest BCUT2D eigenvalue weighted by atomic mass is 127. The van der Waals surface area contributed by atoms with Crippen LogP contribution in [0.3, 0.4) is 0 Å². The van der Waals surface area contributed by atoms with Gasteiger partial charge in [0.25, 0.3) is 0 Å². The van der Waals surface area contributed by atoms with Gasteiger partial charge in [-0.2, -0.15) is 0 Å².